The zero-order chi connectivity index (χ0) is 99.0. The topological polar surface area (TPSA) is 382 Å². The van der Waals surface area contributed by atoms with E-state index in [1.165, 1.54) is 6.20 Å². The molecule has 9 heterocycles. The number of nitrogens with zero attached hydrogens (tertiary/aromatic N) is 18. The number of aromatic amines is 3. The van der Waals surface area contributed by atoms with E-state index in [1.807, 2.05) is 284 Å². The van der Waals surface area contributed by atoms with Gasteiger partial charge in [0.1, 0.15) is 63.0 Å². The second-order valence-corrected chi connectivity index (χ2v) is 32.8. The van der Waals surface area contributed by atoms with Crippen molar-refractivity contribution in [1.29, 1.82) is 0 Å². The summed E-state index contributed by atoms with van der Waals surface area (Å²) in [5, 5.41) is 68.4. The summed E-state index contributed by atoms with van der Waals surface area (Å²) in [6, 6.07) is 84.7. The molecule has 0 fully saturated rings. The third kappa shape index (κ3) is 26.9. The summed E-state index contributed by atoms with van der Waals surface area (Å²) in [5.74, 6) is 8.11. The van der Waals surface area contributed by atoms with E-state index in [4.69, 9.17) is 39.8 Å². The van der Waals surface area contributed by atoms with Crippen molar-refractivity contribution in [3.05, 3.63) is 352 Å². The van der Waals surface area contributed by atoms with Gasteiger partial charge >= 0.3 is 7.12 Å². The summed E-state index contributed by atoms with van der Waals surface area (Å²) < 4.78 is 40.0. The molecule has 140 heavy (non-hydrogen) atoms. The summed E-state index contributed by atoms with van der Waals surface area (Å²) in [6.07, 6.45) is 17.5. The molecule has 36 heteroatoms. The fraction of sp³-hybridized carbons (Fsp3) is 0.154. The first-order valence-corrected chi connectivity index (χ1v) is 45.2. The first kappa shape index (κ1) is 101. The number of ether oxygens (including phenoxy) is 6. The van der Waals surface area contributed by atoms with Gasteiger partial charge < -0.3 is 68.9 Å². The van der Waals surface area contributed by atoms with Gasteiger partial charge in [-0.15, -0.1) is 26.8 Å². The fourth-order valence-corrected chi connectivity index (χ4v) is 15.3. The molecule has 0 radical (unpaired) electrons. The minimum Gasteiger partial charge on any atom is -0.497 e. The summed E-state index contributed by atoms with van der Waals surface area (Å²) in [4.78, 5) is 45.8. The van der Waals surface area contributed by atoms with Crippen LogP contribution in [0.2, 0.25) is 0 Å². The Balaban J connectivity index is 0.000000147. The maximum absolute atomic E-state index is 12.9. The Hall–Kier alpha value is -16.9. The van der Waals surface area contributed by atoms with Crippen LogP contribution in [0.4, 0.5) is 11.6 Å². The average Bonchev–Trinajstić information content (AvgIpc) is 1.61. The number of aryl methyl sites for hydroxylation is 4. The molecular weight excluding hydrogens is 1900 g/mol. The molecule has 19 rings (SSSR count). The quantitative estimate of drug-likeness (QED) is 0.0206. The maximum atomic E-state index is 12.9. The molecule has 0 atom stereocenters. The van der Waals surface area contributed by atoms with Crippen LogP contribution < -0.4 is 54.4 Å². The molecule has 710 valence electrons. The molecule has 19 aromatic rings. The Bertz CT molecular complexity index is 7130. The first-order valence-electron chi connectivity index (χ1n) is 43.6. The summed E-state index contributed by atoms with van der Waals surface area (Å²) in [6.45, 7) is 2.46. The molecule has 0 unspecified atom stereocenters. The Morgan fingerprint density at radius 2 is 0.779 bits per heavy atom. The third-order valence-electron chi connectivity index (χ3n) is 21.5. The number of anilines is 2. The van der Waals surface area contributed by atoms with Crippen LogP contribution in [-0.4, -0.2) is 181 Å². The number of hydrogen-bond acceptors (Lipinski definition) is 24. The number of rotatable bonds is 25. The van der Waals surface area contributed by atoms with Gasteiger partial charge in [-0.25, -0.2) is 9.97 Å². The van der Waals surface area contributed by atoms with Gasteiger partial charge in [0, 0.05) is 136 Å². The van der Waals surface area contributed by atoms with E-state index in [2.05, 4.69) is 154 Å². The van der Waals surface area contributed by atoms with Crippen molar-refractivity contribution in [2.75, 3.05) is 66.6 Å². The largest absolute Gasteiger partial charge is 0.505 e. The normalized spacial score (nSPS) is 10.4. The number of aromatic nitrogens is 19. The highest BCUT2D eigenvalue weighted by atomic mass is 79.9. The van der Waals surface area contributed by atoms with Crippen molar-refractivity contribution in [1.82, 2.24) is 106 Å². The van der Waals surface area contributed by atoms with E-state index in [-0.39, 0.29) is 17.4 Å². The van der Waals surface area contributed by atoms with E-state index in [0.717, 1.165) is 150 Å². The standard InChI is InChI=1S/C33H31N7O2.C23H23BN4O3.2C10H10BrN3O.C10H11N3O.C9H9N3O.C9H8O/c1-34-33(41)27-18-35-32(40(19-22-10-6-4-7-11-22)20-23-12-8-5-9-13-23)31-26(27)17-28(36-31)25-15-14-24(16-30(25)42-3)29-21-39(2)38-37-29;1-25-23(29)19-13-26-22(21-18(19)12-20(27-21)24(30)31)28(14-16-8-4-2-5-9-16)15-17-10-6-3-7-11-17;2*1-14-6-9(12-13-14)7-3-4-8(11)10(5-7)15-2;1-13-7-10(11-12-13)8-4-3-5-9(6-8)14-2;1-13-8-4-2-3-7(5-8)9-6-10-12-11-9;1-3-8-5-4-6-9(7-8)10-2/h4-18,21,36H,19-20H2,1-3H3,(H,34,41);2-13,27,30-31H,14-15H2,1H3,(H,25,29);2*3-6H,1-2H3;3-7H,1-2H3;2-6H,1H3,(H,10,11,12);1,4-7H,2H3. The molecule has 33 nitrogen and oxygen atoms in total. The number of benzene rings is 10. The van der Waals surface area contributed by atoms with Crippen molar-refractivity contribution < 1.29 is 48.1 Å². The minimum atomic E-state index is -1.69. The number of nitrogens with one attached hydrogen (secondary N) is 5. The molecule has 0 aliphatic rings. The Morgan fingerprint density at radius 1 is 0.414 bits per heavy atom. The van der Waals surface area contributed by atoms with Gasteiger partial charge in [-0.05, 0) is 145 Å². The molecular formula is C104H102BBr2N23O10. The van der Waals surface area contributed by atoms with Crippen LogP contribution in [-0.2, 0) is 54.4 Å². The lowest BCUT2D eigenvalue weighted by Crippen LogP contribution is -2.30. The Labute approximate surface area is 826 Å². The highest BCUT2D eigenvalue weighted by Crippen LogP contribution is 2.40. The molecule has 10 aromatic carbocycles. The van der Waals surface area contributed by atoms with E-state index < -0.39 is 7.12 Å². The number of fused-ring (bicyclic) bond motifs is 2. The molecule has 0 aliphatic heterocycles. The van der Waals surface area contributed by atoms with Gasteiger partial charge in [-0.2, -0.15) is 15.4 Å². The first-order chi connectivity index (χ1) is 68.1. The summed E-state index contributed by atoms with van der Waals surface area (Å²) >= 11 is 6.80. The molecule has 0 bridgehead atoms. The lowest BCUT2D eigenvalue weighted by atomic mass is 9.86. The van der Waals surface area contributed by atoms with Crippen molar-refractivity contribution in [3.8, 4) is 114 Å². The highest BCUT2D eigenvalue weighted by molar-refractivity contribution is 9.11. The van der Waals surface area contributed by atoms with Gasteiger partial charge in [0.05, 0.1) is 110 Å². The van der Waals surface area contributed by atoms with Gasteiger partial charge in [0.25, 0.3) is 11.8 Å². The second-order valence-electron chi connectivity index (χ2n) is 31.1. The Morgan fingerprint density at radius 3 is 1.14 bits per heavy atom. The van der Waals surface area contributed by atoms with Crippen LogP contribution in [0.3, 0.4) is 0 Å². The number of carbonyl (C=O) groups is 2. The van der Waals surface area contributed by atoms with Gasteiger partial charge in [0.15, 0.2) is 11.6 Å². The highest BCUT2D eigenvalue weighted by Gasteiger charge is 2.26. The molecule has 9 aromatic heterocycles. The second kappa shape index (κ2) is 49.6. The van der Waals surface area contributed by atoms with Gasteiger partial charge in [0.2, 0.25) is 0 Å². The number of methoxy groups -OCH3 is 6. The third-order valence-corrected chi connectivity index (χ3v) is 22.8. The average molecular weight is 2000 g/mol. The maximum Gasteiger partial charge on any atom is 0.505 e. The number of terminal acetylenes is 1. The lowest BCUT2D eigenvalue weighted by Gasteiger charge is -2.25. The Kier molecular flexibility index (Phi) is 35.6. The van der Waals surface area contributed by atoms with Crippen LogP contribution in [0.5, 0.6) is 34.5 Å². The minimum absolute atomic E-state index is 0.202. The number of carbonyl (C=O) groups excluding carboxylic acids is 2. The summed E-state index contributed by atoms with van der Waals surface area (Å²) in [5.41, 5.74) is 18.4. The van der Waals surface area contributed by atoms with Crippen LogP contribution >= 0.6 is 31.9 Å². The smallest absolute Gasteiger partial charge is 0.497 e. The predicted molar refractivity (Wildman–Crippen MR) is 550 cm³/mol. The van der Waals surface area contributed by atoms with Crippen LogP contribution in [0.1, 0.15) is 48.5 Å². The van der Waals surface area contributed by atoms with Crippen LogP contribution in [0, 0.1) is 12.3 Å². The number of pyridine rings is 2. The van der Waals surface area contributed by atoms with Crippen molar-refractivity contribution in [2.45, 2.75) is 26.2 Å². The SMILES string of the molecule is C#Cc1cccc(OC)c1.CNC(=O)c1cnc(N(Cc2ccccc2)Cc2ccccc2)c2[nH]c(-c3ccc(-c4cn(C)nn4)cc3OC)cc12.CNC(=O)c1cnc(N(Cc2ccccc2)Cc2ccccc2)c2[nH]c(B(O)O)cc12.COc1cc(-c2cn(C)nn2)ccc1Br.COc1cc(-c2cn(C)nn2)ccc1Br.COc1cccc(-c2cn(C)nn2)c1.COc1cccc(-c2cn[nH]n2)c1. The summed E-state index contributed by atoms with van der Waals surface area (Å²) in [7, 11) is 18.7. The molecule has 2 amide bonds. The van der Waals surface area contributed by atoms with Crippen LogP contribution in [0.25, 0.3) is 89.4 Å². The fourth-order valence-electron chi connectivity index (χ4n) is 14.5. The predicted octanol–water partition coefficient (Wildman–Crippen LogP) is 16.6. The molecule has 7 N–H and O–H groups in total. The molecule has 0 saturated carbocycles. The lowest BCUT2D eigenvalue weighted by molar-refractivity contribution is 0.0956. The monoisotopic (exact) mass is 2000 g/mol. The number of H-pyrrole nitrogens is 3. The van der Waals surface area contributed by atoms with E-state index in [1.54, 1.807) is 93.9 Å². The zero-order valence-corrected chi connectivity index (χ0v) is 82.0. The van der Waals surface area contributed by atoms with Crippen molar-refractivity contribution in [3.63, 3.8) is 0 Å². The van der Waals surface area contributed by atoms with Gasteiger partial charge in [-0.1, -0.05) is 197 Å². The molecule has 0 spiro atoms. The van der Waals surface area contributed by atoms with Crippen molar-refractivity contribution >= 4 is 89.8 Å². The molecule has 0 saturated heterocycles. The van der Waals surface area contributed by atoms with E-state index in [9.17, 15) is 19.6 Å². The van der Waals surface area contributed by atoms with Gasteiger partial charge in [-0.3, -0.25) is 28.3 Å². The zero-order valence-electron chi connectivity index (χ0n) is 78.8. The van der Waals surface area contributed by atoms with Crippen molar-refractivity contribution in [2.24, 2.45) is 28.2 Å². The number of halogens is 2. The van der Waals surface area contributed by atoms with E-state index in [0.29, 0.717) is 59.8 Å². The molecule has 0 aliphatic carbocycles. The number of amides is 2. The van der Waals surface area contributed by atoms with Crippen LogP contribution in [0.15, 0.2) is 313 Å². The van der Waals surface area contributed by atoms with E-state index >= 15 is 0 Å². The number of hydrogen-bond donors (Lipinski definition) is 7.